The smallest absolute Gasteiger partial charge is 0.302 e. The third-order valence-electron chi connectivity index (χ3n) is 1.91. The lowest BCUT2D eigenvalue weighted by molar-refractivity contribution is -0.142. The molecule has 2 heterocycles. The molecule has 0 N–H and O–H groups in total. The van der Waals surface area contributed by atoms with E-state index >= 15 is 0 Å². The van der Waals surface area contributed by atoms with E-state index in [1.54, 1.807) is 22.7 Å². The lowest BCUT2D eigenvalue weighted by atomic mass is 10.4. The topological polar surface area (TPSA) is 26.3 Å². The molecule has 2 aromatic heterocycles. The van der Waals surface area contributed by atoms with Gasteiger partial charge in [0.2, 0.25) is 0 Å². The van der Waals surface area contributed by atoms with Crippen LogP contribution in [0.5, 0.6) is 0 Å². The monoisotopic (exact) mass is 262 g/mol. The first-order valence-electron chi connectivity index (χ1n) is 5.01. The van der Waals surface area contributed by atoms with Gasteiger partial charge >= 0.3 is 5.97 Å². The number of hydrogen-bond acceptors (Lipinski definition) is 4. The Morgan fingerprint density at radius 2 is 2.12 bits per heavy atom. The largest absolute Gasteiger partial charge is 0.460 e. The second-order valence-electron chi connectivity index (χ2n) is 3.27. The zero-order valence-electron chi connectivity index (χ0n) is 9.23. The molecule has 0 atom stereocenters. The van der Waals surface area contributed by atoms with E-state index in [1.807, 2.05) is 29.6 Å². The fourth-order valence-corrected chi connectivity index (χ4v) is 2.51. The average Bonchev–Trinajstić information content (AvgIpc) is 2.95. The van der Waals surface area contributed by atoms with Crippen LogP contribution in [0.2, 0.25) is 0 Å². The quantitative estimate of drug-likeness (QED) is 0.613. The van der Waals surface area contributed by atoms with Crippen molar-refractivity contribution in [1.29, 1.82) is 0 Å². The van der Waals surface area contributed by atoms with E-state index in [1.165, 1.54) is 6.92 Å². The van der Waals surface area contributed by atoms with Gasteiger partial charge in [0.25, 0.3) is 0 Å². The van der Waals surface area contributed by atoms with Crippen molar-refractivity contribution in [1.82, 2.24) is 0 Å². The van der Waals surface area contributed by atoms with Crippen molar-refractivity contribution in [2.45, 2.75) is 13.5 Å². The van der Waals surface area contributed by atoms with Gasteiger partial charge in [-0.25, -0.2) is 0 Å². The number of thiophene rings is 2. The van der Waals surface area contributed by atoms with Crippen LogP contribution in [0.1, 0.15) is 21.6 Å². The van der Waals surface area contributed by atoms with E-state index in [0.29, 0.717) is 6.61 Å². The molecule has 0 amide bonds. The summed E-state index contributed by atoms with van der Waals surface area (Å²) >= 11 is 3.18. The number of carbonyl (C=O) groups is 1. The maximum Gasteiger partial charge on any atom is 0.302 e. The number of ether oxygens (including phenoxy) is 1. The summed E-state index contributed by atoms with van der Waals surface area (Å²) in [6, 6.07) is 7.86. The van der Waals surface area contributed by atoms with Gasteiger partial charge in [0.1, 0.15) is 6.61 Å². The van der Waals surface area contributed by atoms with Crippen LogP contribution in [0.15, 0.2) is 29.6 Å². The van der Waals surface area contributed by atoms with Gasteiger partial charge in [-0.2, -0.15) is 0 Å². The third kappa shape index (κ3) is 3.74. The van der Waals surface area contributed by atoms with Crippen LogP contribution in [0.3, 0.4) is 0 Å². The molecule has 0 bridgehead atoms. The molecule has 0 fully saturated rings. The fraction of sp³-hybridized carbons (Fsp3) is 0.154. The highest BCUT2D eigenvalue weighted by Gasteiger charge is 2.00. The van der Waals surface area contributed by atoms with E-state index in [2.05, 4.69) is 11.8 Å². The summed E-state index contributed by atoms with van der Waals surface area (Å²) in [5.41, 5.74) is 0. The zero-order chi connectivity index (χ0) is 12.1. The lowest BCUT2D eigenvalue weighted by Crippen LogP contribution is -1.96. The Hall–Kier alpha value is -1.57. The first kappa shape index (κ1) is 11.9. The van der Waals surface area contributed by atoms with Crippen LogP contribution in [0.25, 0.3) is 0 Å². The van der Waals surface area contributed by atoms with E-state index in [4.69, 9.17) is 4.74 Å². The summed E-state index contributed by atoms with van der Waals surface area (Å²) in [7, 11) is 0. The van der Waals surface area contributed by atoms with Crippen LogP contribution in [0, 0.1) is 11.8 Å². The number of esters is 1. The normalized spacial score (nSPS) is 9.47. The van der Waals surface area contributed by atoms with Crippen LogP contribution in [0.4, 0.5) is 0 Å². The summed E-state index contributed by atoms with van der Waals surface area (Å²) in [4.78, 5) is 13.7. The van der Waals surface area contributed by atoms with E-state index in [-0.39, 0.29) is 5.97 Å². The molecular formula is C13H10O2S2. The number of carbonyl (C=O) groups excluding carboxylic acids is 1. The molecule has 0 aliphatic rings. The van der Waals surface area contributed by atoms with Gasteiger partial charge in [0.15, 0.2) is 0 Å². The summed E-state index contributed by atoms with van der Waals surface area (Å²) < 4.78 is 4.92. The minimum Gasteiger partial charge on any atom is -0.460 e. The molecule has 0 saturated heterocycles. The highest BCUT2D eigenvalue weighted by molar-refractivity contribution is 7.12. The predicted molar refractivity (Wildman–Crippen MR) is 70.1 cm³/mol. The summed E-state index contributed by atoms with van der Waals surface area (Å²) in [5.74, 6) is 5.92. The molecule has 17 heavy (non-hydrogen) atoms. The van der Waals surface area contributed by atoms with Gasteiger partial charge in [0.05, 0.1) is 9.75 Å². The van der Waals surface area contributed by atoms with Crippen molar-refractivity contribution in [2.75, 3.05) is 0 Å². The van der Waals surface area contributed by atoms with Gasteiger partial charge in [-0.3, -0.25) is 4.79 Å². The maximum absolute atomic E-state index is 10.7. The number of hydrogen-bond donors (Lipinski definition) is 0. The van der Waals surface area contributed by atoms with Crippen LogP contribution in [-0.2, 0) is 16.1 Å². The van der Waals surface area contributed by atoms with E-state index < -0.39 is 0 Å². The van der Waals surface area contributed by atoms with Crippen LogP contribution < -0.4 is 0 Å². The Morgan fingerprint density at radius 3 is 2.82 bits per heavy atom. The van der Waals surface area contributed by atoms with E-state index in [0.717, 1.165) is 14.6 Å². The summed E-state index contributed by atoms with van der Waals surface area (Å²) in [6.07, 6.45) is 0. The van der Waals surface area contributed by atoms with Gasteiger partial charge in [0, 0.05) is 11.8 Å². The third-order valence-corrected chi connectivity index (χ3v) is 3.67. The molecule has 0 unspecified atom stereocenters. The molecule has 0 aromatic carbocycles. The second-order valence-corrected chi connectivity index (χ2v) is 5.39. The van der Waals surface area contributed by atoms with Crippen molar-refractivity contribution in [3.8, 4) is 11.8 Å². The molecule has 86 valence electrons. The molecule has 0 spiro atoms. The first-order chi connectivity index (χ1) is 8.24. The van der Waals surface area contributed by atoms with Gasteiger partial charge < -0.3 is 4.74 Å². The fourth-order valence-electron chi connectivity index (χ4n) is 1.17. The molecule has 2 aromatic rings. The Labute approximate surface area is 108 Å². The SMILES string of the molecule is CC(=O)OCc1ccc(C#Cc2cccs2)s1. The van der Waals surface area contributed by atoms with Crippen molar-refractivity contribution in [3.05, 3.63) is 44.3 Å². The highest BCUT2D eigenvalue weighted by Crippen LogP contribution is 2.17. The Bertz CT molecular complexity index is 556. The van der Waals surface area contributed by atoms with Gasteiger partial charge in [-0.1, -0.05) is 6.07 Å². The minimum atomic E-state index is -0.260. The van der Waals surface area contributed by atoms with Crippen LogP contribution >= 0.6 is 22.7 Å². The summed E-state index contributed by atoms with van der Waals surface area (Å²) in [6.45, 7) is 1.74. The Kier molecular flexibility index (Phi) is 3.97. The molecule has 0 aliphatic heterocycles. The predicted octanol–water partition coefficient (Wildman–Crippen LogP) is 3.27. The van der Waals surface area contributed by atoms with Gasteiger partial charge in [-0.15, -0.1) is 22.7 Å². The van der Waals surface area contributed by atoms with Crippen molar-refractivity contribution in [3.63, 3.8) is 0 Å². The van der Waals surface area contributed by atoms with E-state index in [9.17, 15) is 4.79 Å². The molecule has 0 aliphatic carbocycles. The standard InChI is InChI=1S/C13H10O2S2/c1-10(14)15-9-13-7-6-12(17-13)5-4-11-3-2-8-16-11/h2-3,6-8H,9H2,1H3. The molecule has 0 radical (unpaired) electrons. The Balaban J connectivity index is 2.01. The average molecular weight is 262 g/mol. The Morgan fingerprint density at radius 1 is 1.29 bits per heavy atom. The maximum atomic E-state index is 10.7. The van der Waals surface area contributed by atoms with Crippen molar-refractivity contribution in [2.24, 2.45) is 0 Å². The molecule has 4 heteroatoms. The zero-order valence-corrected chi connectivity index (χ0v) is 10.9. The molecule has 0 saturated carbocycles. The highest BCUT2D eigenvalue weighted by atomic mass is 32.1. The molecule has 2 nitrogen and oxygen atoms in total. The van der Waals surface area contributed by atoms with Crippen molar-refractivity contribution >= 4 is 28.6 Å². The van der Waals surface area contributed by atoms with Gasteiger partial charge in [-0.05, 0) is 35.4 Å². The van der Waals surface area contributed by atoms with Crippen LogP contribution in [-0.4, -0.2) is 5.97 Å². The lowest BCUT2D eigenvalue weighted by Gasteiger charge is -1.96. The molecule has 2 rings (SSSR count). The second kappa shape index (κ2) is 5.67. The van der Waals surface area contributed by atoms with Crippen molar-refractivity contribution < 1.29 is 9.53 Å². The molecular weight excluding hydrogens is 252 g/mol. The number of rotatable bonds is 2. The minimum absolute atomic E-state index is 0.260. The summed E-state index contributed by atoms with van der Waals surface area (Å²) in [5, 5.41) is 2.00. The first-order valence-corrected chi connectivity index (χ1v) is 6.71.